The maximum absolute atomic E-state index is 4.18. The van der Waals surface area contributed by atoms with Crippen LogP contribution in [0, 0.1) is 0 Å². The van der Waals surface area contributed by atoms with Crippen LogP contribution in [0.25, 0.3) is 11.4 Å². The van der Waals surface area contributed by atoms with Gasteiger partial charge in [0.25, 0.3) is 0 Å². The molecule has 0 saturated carbocycles. The Labute approximate surface area is 118 Å². The van der Waals surface area contributed by atoms with E-state index in [1.807, 2.05) is 12.1 Å². The highest BCUT2D eigenvalue weighted by atomic mass is 15.2. The molecule has 0 aliphatic carbocycles. The number of hydrogen-bond donors (Lipinski definition) is 3. The Balaban J connectivity index is 1.98. The zero-order chi connectivity index (χ0) is 14.2. The molecule has 6 heteroatoms. The second kappa shape index (κ2) is 7.28. The molecular weight excluding hydrogens is 252 g/mol. The maximum atomic E-state index is 4.18. The van der Waals surface area contributed by atoms with Gasteiger partial charge in [-0.2, -0.15) is 5.10 Å². The van der Waals surface area contributed by atoms with Crippen molar-refractivity contribution < 1.29 is 0 Å². The van der Waals surface area contributed by atoms with E-state index < -0.39 is 0 Å². The molecule has 0 aliphatic rings. The molecule has 0 spiro atoms. The number of H-pyrrole nitrogens is 1. The number of aromatic amines is 1. The van der Waals surface area contributed by atoms with Crippen LogP contribution >= 0.6 is 0 Å². The highest BCUT2D eigenvalue weighted by Gasteiger charge is 2.02. The smallest absolute Gasteiger partial charge is 0.191 e. The average molecular weight is 272 g/mol. The lowest BCUT2D eigenvalue weighted by Gasteiger charge is -2.11. The predicted octanol–water partition coefficient (Wildman–Crippen LogP) is 1.55. The third-order valence-corrected chi connectivity index (χ3v) is 2.84. The number of aromatic nitrogens is 3. The van der Waals surface area contributed by atoms with Crippen molar-refractivity contribution >= 4 is 5.96 Å². The van der Waals surface area contributed by atoms with Crippen LogP contribution in [-0.4, -0.2) is 34.7 Å². The van der Waals surface area contributed by atoms with E-state index in [0.717, 1.165) is 30.3 Å². The van der Waals surface area contributed by atoms with Crippen LogP contribution in [-0.2, 0) is 6.54 Å². The molecule has 0 saturated heterocycles. The van der Waals surface area contributed by atoms with E-state index in [-0.39, 0.29) is 0 Å². The molecule has 0 bridgehead atoms. The first-order chi connectivity index (χ1) is 9.83. The van der Waals surface area contributed by atoms with Crippen LogP contribution in [0.1, 0.15) is 18.9 Å². The van der Waals surface area contributed by atoms with E-state index in [2.05, 4.69) is 49.9 Å². The van der Waals surface area contributed by atoms with E-state index in [0.29, 0.717) is 6.54 Å². The Hall–Kier alpha value is -2.37. The van der Waals surface area contributed by atoms with Crippen LogP contribution in [0.3, 0.4) is 0 Å². The fourth-order valence-electron chi connectivity index (χ4n) is 1.82. The summed E-state index contributed by atoms with van der Waals surface area (Å²) in [5, 5.41) is 13.3. The van der Waals surface area contributed by atoms with Crippen LogP contribution in [0.2, 0.25) is 0 Å². The third-order valence-electron chi connectivity index (χ3n) is 2.84. The summed E-state index contributed by atoms with van der Waals surface area (Å²) in [6.07, 6.45) is 2.58. The molecule has 1 heterocycles. The molecule has 1 aromatic carbocycles. The zero-order valence-corrected chi connectivity index (χ0v) is 11.8. The van der Waals surface area contributed by atoms with Crippen molar-refractivity contribution in [3.63, 3.8) is 0 Å². The summed E-state index contributed by atoms with van der Waals surface area (Å²) in [5.41, 5.74) is 2.19. The van der Waals surface area contributed by atoms with E-state index >= 15 is 0 Å². The SMILES string of the molecule is CCCNC(=NC)NCc1cccc(-c2ncn[nH]2)c1. The molecule has 20 heavy (non-hydrogen) atoms. The van der Waals surface area contributed by atoms with Gasteiger partial charge in [0.2, 0.25) is 0 Å². The van der Waals surface area contributed by atoms with Crippen molar-refractivity contribution in [2.24, 2.45) is 4.99 Å². The Morgan fingerprint density at radius 1 is 1.35 bits per heavy atom. The highest BCUT2D eigenvalue weighted by molar-refractivity contribution is 5.79. The number of guanidine groups is 1. The molecule has 106 valence electrons. The molecule has 0 radical (unpaired) electrons. The molecule has 1 aromatic heterocycles. The fourth-order valence-corrected chi connectivity index (χ4v) is 1.82. The summed E-state index contributed by atoms with van der Waals surface area (Å²) in [7, 11) is 1.77. The largest absolute Gasteiger partial charge is 0.356 e. The van der Waals surface area contributed by atoms with Gasteiger partial charge in [0, 0.05) is 25.7 Å². The zero-order valence-electron chi connectivity index (χ0n) is 11.8. The molecule has 0 atom stereocenters. The molecule has 2 rings (SSSR count). The minimum Gasteiger partial charge on any atom is -0.356 e. The second-order valence-corrected chi connectivity index (χ2v) is 4.39. The fraction of sp³-hybridized carbons (Fsp3) is 0.357. The van der Waals surface area contributed by atoms with Crippen LogP contribution in [0.4, 0.5) is 0 Å². The minimum atomic E-state index is 0.714. The highest BCUT2D eigenvalue weighted by Crippen LogP contribution is 2.15. The number of hydrogen-bond acceptors (Lipinski definition) is 3. The normalized spacial score (nSPS) is 11.4. The number of nitrogens with zero attached hydrogens (tertiary/aromatic N) is 3. The first-order valence-corrected chi connectivity index (χ1v) is 6.72. The van der Waals surface area contributed by atoms with Gasteiger partial charge < -0.3 is 10.6 Å². The lowest BCUT2D eigenvalue weighted by atomic mass is 10.1. The lowest BCUT2D eigenvalue weighted by molar-refractivity contribution is 0.781. The molecule has 2 aromatic rings. The quantitative estimate of drug-likeness (QED) is 0.570. The first kappa shape index (κ1) is 14.0. The number of benzene rings is 1. The molecule has 0 unspecified atom stereocenters. The van der Waals surface area contributed by atoms with Gasteiger partial charge in [0.1, 0.15) is 6.33 Å². The third kappa shape index (κ3) is 3.81. The van der Waals surface area contributed by atoms with E-state index in [4.69, 9.17) is 0 Å². The number of nitrogens with one attached hydrogen (secondary N) is 3. The Kier molecular flexibility index (Phi) is 5.11. The van der Waals surface area contributed by atoms with Gasteiger partial charge in [-0.15, -0.1) is 0 Å². The Bertz CT molecular complexity index is 547. The molecule has 6 nitrogen and oxygen atoms in total. The predicted molar refractivity (Wildman–Crippen MR) is 80.3 cm³/mol. The number of rotatable bonds is 5. The van der Waals surface area contributed by atoms with Crippen molar-refractivity contribution in [2.45, 2.75) is 19.9 Å². The summed E-state index contributed by atoms with van der Waals surface area (Å²) in [5.74, 6) is 1.59. The Morgan fingerprint density at radius 3 is 2.95 bits per heavy atom. The van der Waals surface area contributed by atoms with Gasteiger partial charge in [0.15, 0.2) is 11.8 Å². The van der Waals surface area contributed by atoms with E-state index in [1.165, 1.54) is 11.9 Å². The van der Waals surface area contributed by atoms with Crippen molar-refractivity contribution in [3.8, 4) is 11.4 Å². The summed E-state index contributed by atoms with van der Waals surface area (Å²) in [6, 6.07) is 8.17. The molecule has 0 fully saturated rings. The summed E-state index contributed by atoms with van der Waals surface area (Å²) in [6.45, 7) is 3.75. The standard InChI is InChI=1S/C14H20N6/c1-3-7-16-14(15-2)17-9-11-5-4-6-12(8-11)13-18-10-19-20-13/h4-6,8,10H,3,7,9H2,1-2H3,(H2,15,16,17)(H,18,19,20). The Morgan fingerprint density at radius 2 is 2.25 bits per heavy atom. The van der Waals surface area contributed by atoms with Gasteiger partial charge in [-0.25, -0.2) is 4.98 Å². The topological polar surface area (TPSA) is 78.0 Å². The van der Waals surface area contributed by atoms with Crippen LogP contribution in [0.5, 0.6) is 0 Å². The van der Waals surface area contributed by atoms with Crippen LogP contribution in [0.15, 0.2) is 35.6 Å². The molecule has 0 aliphatic heterocycles. The van der Waals surface area contributed by atoms with Gasteiger partial charge in [-0.3, -0.25) is 10.1 Å². The summed E-state index contributed by atoms with van der Waals surface area (Å²) in [4.78, 5) is 8.34. The van der Waals surface area contributed by atoms with Crippen molar-refractivity contribution in [1.29, 1.82) is 0 Å². The van der Waals surface area contributed by atoms with Crippen molar-refractivity contribution in [2.75, 3.05) is 13.6 Å². The van der Waals surface area contributed by atoms with Crippen molar-refractivity contribution in [1.82, 2.24) is 25.8 Å². The molecule has 0 amide bonds. The first-order valence-electron chi connectivity index (χ1n) is 6.72. The summed E-state index contributed by atoms with van der Waals surface area (Å²) < 4.78 is 0. The number of aliphatic imine (C=N–C) groups is 1. The monoisotopic (exact) mass is 272 g/mol. The van der Waals surface area contributed by atoms with Gasteiger partial charge >= 0.3 is 0 Å². The lowest BCUT2D eigenvalue weighted by Crippen LogP contribution is -2.37. The van der Waals surface area contributed by atoms with E-state index in [1.54, 1.807) is 7.05 Å². The molecular formula is C14H20N6. The average Bonchev–Trinajstić information content (AvgIpc) is 3.02. The second-order valence-electron chi connectivity index (χ2n) is 4.39. The van der Waals surface area contributed by atoms with Crippen molar-refractivity contribution in [3.05, 3.63) is 36.2 Å². The van der Waals surface area contributed by atoms with E-state index in [9.17, 15) is 0 Å². The van der Waals surface area contributed by atoms with Crippen LogP contribution < -0.4 is 10.6 Å². The minimum absolute atomic E-state index is 0.714. The van der Waals surface area contributed by atoms with Gasteiger partial charge in [0.05, 0.1) is 0 Å². The maximum Gasteiger partial charge on any atom is 0.191 e. The molecule has 3 N–H and O–H groups in total. The van der Waals surface area contributed by atoms with Gasteiger partial charge in [-0.1, -0.05) is 25.1 Å². The van der Waals surface area contributed by atoms with Gasteiger partial charge in [-0.05, 0) is 18.1 Å². The summed E-state index contributed by atoms with van der Waals surface area (Å²) >= 11 is 0.